The molecule has 0 saturated carbocycles. The molecule has 0 aliphatic carbocycles. The number of alkyl halides is 3. The van der Waals surface area contributed by atoms with Gasteiger partial charge in [-0.25, -0.2) is 4.98 Å². The molecule has 1 aliphatic rings. The van der Waals surface area contributed by atoms with E-state index in [1.54, 1.807) is 6.07 Å². The summed E-state index contributed by atoms with van der Waals surface area (Å²) in [5.74, 6) is -0.832. The molecule has 11 heteroatoms. The maximum atomic E-state index is 13.0. The van der Waals surface area contributed by atoms with Crippen molar-refractivity contribution in [3.05, 3.63) is 69.9 Å². The van der Waals surface area contributed by atoms with Crippen LogP contribution in [0.5, 0.6) is 0 Å². The second-order valence-corrected chi connectivity index (χ2v) is 7.85. The average molecular weight is 474 g/mol. The molecule has 2 heterocycles. The molecule has 3 aromatic rings. The fourth-order valence-corrected chi connectivity index (χ4v) is 3.82. The number of nitro groups is 1. The summed E-state index contributed by atoms with van der Waals surface area (Å²) in [6, 6.07) is 9.82. The van der Waals surface area contributed by atoms with Gasteiger partial charge in [0.2, 0.25) is 5.89 Å². The van der Waals surface area contributed by atoms with E-state index in [0.29, 0.717) is 13.1 Å². The zero-order chi connectivity index (χ0) is 24.3. The molecule has 1 saturated heterocycles. The third kappa shape index (κ3) is 5.09. The minimum absolute atomic E-state index is 0.0443. The molecule has 8 nitrogen and oxygen atoms in total. The molecule has 178 valence electrons. The van der Waals surface area contributed by atoms with E-state index in [1.165, 1.54) is 30.3 Å². The molecule has 34 heavy (non-hydrogen) atoms. The van der Waals surface area contributed by atoms with E-state index in [9.17, 15) is 28.1 Å². The van der Waals surface area contributed by atoms with Crippen LogP contribution in [0.1, 0.15) is 28.9 Å². The van der Waals surface area contributed by atoms with Crippen LogP contribution in [-0.4, -0.2) is 46.9 Å². The van der Waals surface area contributed by atoms with E-state index < -0.39 is 22.6 Å². The number of nitro benzene ring substituents is 1. The monoisotopic (exact) mass is 474 g/mol. The maximum absolute atomic E-state index is 13.0. The fraction of sp³-hybridized carbons (Fsp3) is 0.304. The van der Waals surface area contributed by atoms with Gasteiger partial charge in [-0.05, 0) is 56.3 Å². The number of para-hydroxylation sites is 1. The van der Waals surface area contributed by atoms with E-state index in [2.05, 4.69) is 15.2 Å². The quantitative estimate of drug-likeness (QED) is 0.391. The molecule has 0 atom stereocenters. The number of carbonyl (C=O) groups is 1. The van der Waals surface area contributed by atoms with Crippen LogP contribution < -0.4 is 5.32 Å². The van der Waals surface area contributed by atoms with Crippen LogP contribution in [0, 0.1) is 10.1 Å². The van der Waals surface area contributed by atoms with Crippen LogP contribution in [0.4, 0.5) is 18.9 Å². The lowest BCUT2D eigenvalue weighted by Crippen LogP contribution is -2.33. The first kappa shape index (κ1) is 23.4. The predicted molar refractivity (Wildman–Crippen MR) is 117 cm³/mol. The number of rotatable bonds is 7. The Morgan fingerprint density at radius 1 is 1.12 bits per heavy atom. The van der Waals surface area contributed by atoms with Crippen LogP contribution >= 0.6 is 0 Å². The number of hydrogen-bond acceptors (Lipinski definition) is 6. The summed E-state index contributed by atoms with van der Waals surface area (Å²) in [5, 5.41) is 14.3. The van der Waals surface area contributed by atoms with Crippen molar-refractivity contribution >= 4 is 11.6 Å². The first-order chi connectivity index (χ1) is 16.2. The highest BCUT2D eigenvalue weighted by atomic mass is 19.4. The number of carbonyl (C=O) groups excluding carboxylic acids is 1. The Bertz CT molecular complexity index is 1190. The Hall–Kier alpha value is -3.73. The normalized spacial score (nSPS) is 14.3. The number of halogens is 3. The predicted octanol–water partition coefficient (Wildman–Crippen LogP) is 4.76. The van der Waals surface area contributed by atoms with Crippen molar-refractivity contribution in [1.29, 1.82) is 0 Å². The maximum Gasteiger partial charge on any atom is 0.416 e. The number of hydrogen-bond donors (Lipinski definition) is 1. The number of nitrogens with zero attached hydrogens (tertiary/aromatic N) is 3. The first-order valence-electron chi connectivity index (χ1n) is 10.7. The average Bonchev–Trinajstić information content (AvgIpc) is 3.49. The highest BCUT2D eigenvalue weighted by Crippen LogP contribution is 2.36. The van der Waals surface area contributed by atoms with Gasteiger partial charge in [-0.2, -0.15) is 13.2 Å². The number of amides is 1. The van der Waals surface area contributed by atoms with Gasteiger partial charge in [0.1, 0.15) is 0 Å². The standard InChI is InChI=1S/C23H21F3N4O4/c24-23(25,26)16-9-7-15(8-10-16)22-28-19(21(31)27-11-14-29-12-3-4-13-29)20(34-22)17-5-1-2-6-18(17)30(32)33/h1-2,5-10H,3-4,11-14H2,(H,27,31). The van der Waals surface area contributed by atoms with E-state index >= 15 is 0 Å². The highest BCUT2D eigenvalue weighted by Gasteiger charge is 2.31. The molecule has 1 N–H and O–H groups in total. The van der Waals surface area contributed by atoms with Crippen LogP contribution in [0.15, 0.2) is 52.9 Å². The van der Waals surface area contributed by atoms with Crippen LogP contribution in [0.2, 0.25) is 0 Å². The summed E-state index contributed by atoms with van der Waals surface area (Å²) in [6.07, 6.45) is -2.30. The molecule has 2 aromatic carbocycles. The third-order valence-electron chi connectivity index (χ3n) is 5.56. The Balaban J connectivity index is 1.68. The van der Waals surface area contributed by atoms with Gasteiger partial charge in [0.15, 0.2) is 11.5 Å². The molecular weight excluding hydrogens is 453 g/mol. The van der Waals surface area contributed by atoms with Gasteiger partial charge in [-0.1, -0.05) is 12.1 Å². The summed E-state index contributed by atoms with van der Waals surface area (Å²) in [6.45, 7) is 2.91. The minimum atomic E-state index is -4.51. The highest BCUT2D eigenvalue weighted by molar-refractivity contribution is 5.99. The summed E-state index contributed by atoms with van der Waals surface area (Å²) < 4.78 is 44.5. The summed E-state index contributed by atoms with van der Waals surface area (Å²) >= 11 is 0. The fourth-order valence-electron chi connectivity index (χ4n) is 3.82. The Morgan fingerprint density at radius 3 is 2.44 bits per heavy atom. The van der Waals surface area contributed by atoms with Gasteiger partial charge < -0.3 is 14.6 Å². The number of oxazole rings is 1. The molecule has 1 aliphatic heterocycles. The molecule has 1 aromatic heterocycles. The molecule has 0 unspecified atom stereocenters. The molecular formula is C23H21F3N4O4. The van der Waals surface area contributed by atoms with E-state index in [4.69, 9.17) is 4.42 Å². The smallest absolute Gasteiger partial charge is 0.416 e. The molecule has 0 bridgehead atoms. The van der Waals surface area contributed by atoms with Gasteiger partial charge in [0.05, 0.1) is 16.1 Å². The second kappa shape index (κ2) is 9.64. The molecule has 1 amide bonds. The van der Waals surface area contributed by atoms with Crippen LogP contribution in [0.3, 0.4) is 0 Å². The Labute approximate surface area is 192 Å². The van der Waals surface area contributed by atoms with Crippen molar-refractivity contribution in [2.24, 2.45) is 0 Å². The van der Waals surface area contributed by atoms with Crippen LogP contribution in [-0.2, 0) is 6.18 Å². The summed E-state index contributed by atoms with van der Waals surface area (Å²) in [5.41, 5.74) is -1.07. The lowest BCUT2D eigenvalue weighted by atomic mass is 10.1. The molecule has 0 spiro atoms. The van der Waals surface area contributed by atoms with Crippen molar-refractivity contribution in [3.8, 4) is 22.8 Å². The van der Waals surface area contributed by atoms with Gasteiger partial charge >= 0.3 is 6.18 Å². The third-order valence-corrected chi connectivity index (χ3v) is 5.56. The van der Waals surface area contributed by atoms with Gasteiger partial charge in [0, 0.05) is 24.7 Å². The van der Waals surface area contributed by atoms with E-state index in [0.717, 1.165) is 38.1 Å². The van der Waals surface area contributed by atoms with Crippen molar-refractivity contribution in [2.75, 3.05) is 26.2 Å². The molecule has 4 rings (SSSR count). The van der Waals surface area contributed by atoms with E-state index in [1.807, 2.05) is 0 Å². The van der Waals surface area contributed by atoms with Gasteiger partial charge in [-0.15, -0.1) is 0 Å². The number of nitrogens with one attached hydrogen (secondary N) is 1. The lowest BCUT2D eigenvalue weighted by Gasteiger charge is -2.14. The van der Waals surface area contributed by atoms with E-state index in [-0.39, 0.29) is 34.2 Å². The van der Waals surface area contributed by atoms with Gasteiger partial charge in [-0.3, -0.25) is 14.9 Å². The zero-order valence-corrected chi connectivity index (χ0v) is 18.0. The zero-order valence-electron chi connectivity index (χ0n) is 18.0. The van der Waals surface area contributed by atoms with Crippen molar-refractivity contribution in [3.63, 3.8) is 0 Å². The van der Waals surface area contributed by atoms with Crippen LogP contribution in [0.25, 0.3) is 22.8 Å². The minimum Gasteiger partial charge on any atom is -0.435 e. The summed E-state index contributed by atoms with van der Waals surface area (Å²) in [4.78, 5) is 30.3. The summed E-state index contributed by atoms with van der Waals surface area (Å²) in [7, 11) is 0. The van der Waals surface area contributed by atoms with Gasteiger partial charge in [0.25, 0.3) is 11.6 Å². The number of benzene rings is 2. The van der Waals surface area contributed by atoms with Crippen molar-refractivity contribution in [1.82, 2.24) is 15.2 Å². The Morgan fingerprint density at radius 2 is 1.79 bits per heavy atom. The molecule has 0 radical (unpaired) electrons. The lowest BCUT2D eigenvalue weighted by molar-refractivity contribution is -0.384. The number of aromatic nitrogens is 1. The Kier molecular flexibility index (Phi) is 6.64. The first-order valence-corrected chi connectivity index (χ1v) is 10.7. The molecule has 1 fully saturated rings. The second-order valence-electron chi connectivity index (χ2n) is 7.85. The van der Waals surface area contributed by atoms with Crippen molar-refractivity contribution < 1.29 is 27.3 Å². The SMILES string of the molecule is O=C(NCCN1CCCC1)c1nc(-c2ccc(C(F)(F)F)cc2)oc1-c1ccccc1[N+](=O)[O-]. The largest absolute Gasteiger partial charge is 0.435 e. The number of likely N-dealkylation sites (tertiary alicyclic amines) is 1. The topological polar surface area (TPSA) is 102 Å². The van der Waals surface area contributed by atoms with Crippen molar-refractivity contribution in [2.45, 2.75) is 19.0 Å².